The molecular formula is C15H24N2O2. The van der Waals surface area contributed by atoms with Gasteiger partial charge in [-0.3, -0.25) is 0 Å². The second kappa shape index (κ2) is 5.90. The average molecular weight is 264 g/mol. The van der Waals surface area contributed by atoms with Gasteiger partial charge in [0.05, 0.1) is 12.2 Å². The number of nitrogens with one attached hydrogen (secondary N) is 1. The fraction of sp³-hybridized carbons (Fsp3) is 0.600. The van der Waals surface area contributed by atoms with Gasteiger partial charge in [-0.05, 0) is 18.6 Å². The maximum absolute atomic E-state index is 9.69. The summed E-state index contributed by atoms with van der Waals surface area (Å²) < 4.78 is 0. The van der Waals surface area contributed by atoms with Gasteiger partial charge in [0.2, 0.25) is 0 Å². The number of hydrogen-bond donors (Lipinski definition) is 3. The molecule has 1 aromatic rings. The number of aliphatic hydroxyl groups is 2. The summed E-state index contributed by atoms with van der Waals surface area (Å²) in [5, 5.41) is 22.8. The molecule has 0 aliphatic carbocycles. The Labute approximate surface area is 115 Å². The minimum Gasteiger partial charge on any atom is -0.389 e. The van der Waals surface area contributed by atoms with Gasteiger partial charge in [0.25, 0.3) is 0 Å². The number of aliphatic hydroxyl groups excluding tert-OH is 2. The molecule has 1 aromatic carbocycles. The minimum atomic E-state index is -0.646. The summed E-state index contributed by atoms with van der Waals surface area (Å²) in [5.41, 5.74) is 3.55. The highest BCUT2D eigenvalue weighted by Gasteiger charge is 2.30. The van der Waals surface area contributed by atoms with Crippen LogP contribution >= 0.6 is 0 Å². The van der Waals surface area contributed by atoms with E-state index >= 15 is 0 Å². The van der Waals surface area contributed by atoms with Gasteiger partial charge in [-0.25, -0.2) is 0 Å². The van der Waals surface area contributed by atoms with Gasteiger partial charge in [-0.15, -0.1) is 0 Å². The van der Waals surface area contributed by atoms with E-state index in [9.17, 15) is 10.2 Å². The van der Waals surface area contributed by atoms with Crippen molar-refractivity contribution in [2.24, 2.45) is 0 Å². The summed E-state index contributed by atoms with van der Waals surface area (Å²) in [7, 11) is 0. The number of anilines is 1. The summed E-state index contributed by atoms with van der Waals surface area (Å²) in [6, 6.07) is 6.76. The third-order valence-corrected chi connectivity index (χ3v) is 3.54. The maximum Gasteiger partial charge on any atom is 0.0990 e. The van der Waals surface area contributed by atoms with Crippen molar-refractivity contribution in [2.75, 3.05) is 18.0 Å². The SMILES string of the molecule is Cc1ccc(N2CC(O)C(O)C2)c(CNC(C)C)c1. The quantitative estimate of drug-likeness (QED) is 0.760. The molecule has 0 amide bonds. The van der Waals surface area contributed by atoms with Gasteiger partial charge >= 0.3 is 0 Å². The maximum atomic E-state index is 9.69. The van der Waals surface area contributed by atoms with E-state index in [1.807, 2.05) is 0 Å². The smallest absolute Gasteiger partial charge is 0.0990 e. The number of β-amino-alcohol motifs (C(OH)–C–C–N with tert-alkyl or cyclic N) is 2. The lowest BCUT2D eigenvalue weighted by molar-refractivity contribution is 0.0572. The van der Waals surface area contributed by atoms with Crippen LogP contribution in [-0.2, 0) is 6.54 Å². The number of rotatable bonds is 4. The Bertz CT molecular complexity index is 424. The van der Waals surface area contributed by atoms with Crippen molar-refractivity contribution < 1.29 is 10.2 Å². The molecule has 0 saturated carbocycles. The van der Waals surface area contributed by atoms with Gasteiger partial charge in [-0.1, -0.05) is 31.5 Å². The molecule has 1 fully saturated rings. The van der Waals surface area contributed by atoms with E-state index in [0.29, 0.717) is 19.1 Å². The van der Waals surface area contributed by atoms with Crippen LogP contribution in [0, 0.1) is 6.92 Å². The summed E-state index contributed by atoms with van der Waals surface area (Å²) in [5.74, 6) is 0. The third kappa shape index (κ3) is 3.47. The number of benzene rings is 1. The Balaban J connectivity index is 2.19. The van der Waals surface area contributed by atoms with Crippen molar-refractivity contribution in [3.8, 4) is 0 Å². The minimum absolute atomic E-state index is 0.433. The third-order valence-electron chi connectivity index (χ3n) is 3.54. The first-order valence-corrected chi connectivity index (χ1v) is 6.91. The van der Waals surface area contributed by atoms with E-state index in [-0.39, 0.29) is 0 Å². The van der Waals surface area contributed by atoms with Gasteiger partial charge in [-0.2, -0.15) is 0 Å². The molecule has 2 atom stereocenters. The Hall–Kier alpha value is -1.10. The van der Waals surface area contributed by atoms with Crippen LogP contribution in [0.15, 0.2) is 18.2 Å². The van der Waals surface area contributed by atoms with Crippen molar-refractivity contribution in [3.05, 3.63) is 29.3 Å². The molecule has 0 radical (unpaired) electrons. The predicted octanol–water partition coefficient (Wildman–Crippen LogP) is 1.03. The molecule has 4 heteroatoms. The lowest BCUT2D eigenvalue weighted by atomic mass is 10.1. The zero-order valence-corrected chi connectivity index (χ0v) is 11.9. The first kappa shape index (κ1) is 14.3. The number of aryl methyl sites for hydroxylation is 1. The molecule has 19 heavy (non-hydrogen) atoms. The van der Waals surface area contributed by atoms with E-state index in [1.165, 1.54) is 11.1 Å². The van der Waals surface area contributed by atoms with Gasteiger partial charge in [0.15, 0.2) is 0 Å². The Morgan fingerprint density at radius 2 is 1.89 bits per heavy atom. The van der Waals surface area contributed by atoms with Crippen molar-refractivity contribution >= 4 is 5.69 Å². The largest absolute Gasteiger partial charge is 0.389 e. The van der Waals surface area contributed by atoms with Crippen LogP contribution in [0.2, 0.25) is 0 Å². The summed E-state index contributed by atoms with van der Waals surface area (Å²) in [4.78, 5) is 2.06. The van der Waals surface area contributed by atoms with Crippen molar-refractivity contribution in [1.82, 2.24) is 5.32 Å². The van der Waals surface area contributed by atoms with Gasteiger partial charge < -0.3 is 20.4 Å². The first-order chi connectivity index (χ1) is 8.97. The standard InChI is InChI=1S/C15H24N2O2/c1-10(2)16-7-12-6-11(3)4-5-13(12)17-8-14(18)15(19)9-17/h4-6,10,14-16,18-19H,7-9H2,1-3H3. The highest BCUT2D eigenvalue weighted by Crippen LogP contribution is 2.26. The van der Waals surface area contributed by atoms with E-state index in [0.717, 1.165) is 12.2 Å². The number of hydrogen-bond acceptors (Lipinski definition) is 4. The average Bonchev–Trinajstić information content (AvgIpc) is 2.67. The lowest BCUT2D eigenvalue weighted by Crippen LogP contribution is -2.26. The summed E-state index contributed by atoms with van der Waals surface area (Å²) in [6.45, 7) is 8.13. The molecule has 106 valence electrons. The van der Waals surface area contributed by atoms with Crippen LogP contribution in [0.4, 0.5) is 5.69 Å². The Kier molecular flexibility index (Phi) is 4.45. The summed E-state index contributed by atoms with van der Waals surface area (Å²) >= 11 is 0. The highest BCUT2D eigenvalue weighted by atomic mass is 16.3. The molecule has 0 spiro atoms. The molecule has 1 saturated heterocycles. The van der Waals surface area contributed by atoms with Crippen LogP contribution < -0.4 is 10.2 Å². The fourth-order valence-electron chi connectivity index (χ4n) is 2.44. The highest BCUT2D eigenvalue weighted by molar-refractivity contribution is 5.56. The Morgan fingerprint density at radius 1 is 1.26 bits per heavy atom. The molecule has 1 aliphatic heterocycles. The van der Waals surface area contributed by atoms with Crippen LogP contribution in [0.1, 0.15) is 25.0 Å². The normalized spacial score (nSPS) is 23.4. The van der Waals surface area contributed by atoms with Crippen LogP contribution in [0.25, 0.3) is 0 Å². The van der Waals surface area contributed by atoms with Crippen LogP contribution in [0.5, 0.6) is 0 Å². The van der Waals surface area contributed by atoms with E-state index < -0.39 is 12.2 Å². The molecule has 0 bridgehead atoms. The molecule has 2 rings (SSSR count). The molecule has 0 aromatic heterocycles. The van der Waals surface area contributed by atoms with Gasteiger partial charge in [0, 0.05) is 31.4 Å². The predicted molar refractivity (Wildman–Crippen MR) is 77.4 cm³/mol. The molecule has 2 unspecified atom stereocenters. The monoisotopic (exact) mass is 264 g/mol. The summed E-state index contributed by atoms with van der Waals surface area (Å²) in [6.07, 6.45) is -1.29. The molecule has 4 nitrogen and oxygen atoms in total. The van der Waals surface area contributed by atoms with Gasteiger partial charge in [0.1, 0.15) is 0 Å². The molecular weight excluding hydrogens is 240 g/mol. The number of nitrogens with zero attached hydrogens (tertiary/aromatic N) is 1. The van der Waals surface area contributed by atoms with E-state index in [2.05, 4.69) is 49.2 Å². The second-order valence-electron chi connectivity index (χ2n) is 5.71. The van der Waals surface area contributed by atoms with Crippen molar-refractivity contribution in [1.29, 1.82) is 0 Å². The fourth-order valence-corrected chi connectivity index (χ4v) is 2.44. The second-order valence-corrected chi connectivity index (χ2v) is 5.71. The Morgan fingerprint density at radius 3 is 2.47 bits per heavy atom. The zero-order valence-electron chi connectivity index (χ0n) is 11.9. The van der Waals surface area contributed by atoms with Crippen molar-refractivity contribution in [2.45, 2.75) is 45.6 Å². The van der Waals surface area contributed by atoms with Crippen LogP contribution in [0.3, 0.4) is 0 Å². The lowest BCUT2D eigenvalue weighted by Gasteiger charge is -2.22. The molecule has 3 N–H and O–H groups in total. The first-order valence-electron chi connectivity index (χ1n) is 6.91. The van der Waals surface area contributed by atoms with E-state index in [4.69, 9.17) is 0 Å². The van der Waals surface area contributed by atoms with Crippen LogP contribution in [-0.4, -0.2) is 41.6 Å². The molecule has 1 aliphatic rings. The topological polar surface area (TPSA) is 55.7 Å². The zero-order chi connectivity index (χ0) is 14.0. The molecule has 1 heterocycles. The van der Waals surface area contributed by atoms with E-state index in [1.54, 1.807) is 0 Å². The van der Waals surface area contributed by atoms with Crippen molar-refractivity contribution in [3.63, 3.8) is 0 Å².